The molecule has 1 aromatic carbocycles. The van der Waals surface area contributed by atoms with Crippen molar-refractivity contribution < 1.29 is 13.2 Å². The first-order chi connectivity index (χ1) is 9.04. The zero-order valence-corrected chi connectivity index (χ0v) is 12.0. The van der Waals surface area contributed by atoms with Crippen molar-refractivity contribution in [3.63, 3.8) is 0 Å². The van der Waals surface area contributed by atoms with Crippen LogP contribution in [0.1, 0.15) is 43.6 Å². The number of halogens is 1. The van der Waals surface area contributed by atoms with E-state index in [-0.39, 0.29) is 10.8 Å². The Balaban J connectivity index is 2.54. The third-order valence-electron chi connectivity index (χ3n) is 3.51. The average molecular weight is 299 g/mol. The van der Waals surface area contributed by atoms with Gasteiger partial charge in [-0.2, -0.15) is 4.79 Å². The minimum Gasteiger partial charge on any atom is -0.362 e. The largest absolute Gasteiger partial charge is 0.362 e. The molecule has 0 heterocycles. The molecule has 0 aliphatic heterocycles. The maximum Gasteiger partial charge on any atom is 0.276 e. The Kier molecular flexibility index (Phi) is 4.40. The smallest absolute Gasteiger partial charge is 0.276 e. The van der Waals surface area contributed by atoms with Crippen LogP contribution in [-0.4, -0.2) is 18.9 Å². The van der Waals surface area contributed by atoms with Crippen LogP contribution in [0.5, 0.6) is 0 Å². The predicted molar refractivity (Wildman–Crippen MR) is 73.9 cm³/mol. The van der Waals surface area contributed by atoms with Crippen molar-refractivity contribution in [2.24, 2.45) is 0 Å². The van der Waals surface area contributed by atoms with Gasteiger partial charge in [0.15, 0.2) is 0 Å². The van der Waals surface area contributed by atoms with Gasteiger partial charge in [-0.15, -0.1) is 0 Å². The number of benzene rings is 1. The van der Waals surface area contributed by atoms with Gasteiger partial charge in [-0.1, -0.05) is 31.0 Å². The second-order valence-corrected chi connectivity index (χ2v) is 7.25. The van der Waals surface area contributed by atoms with Crippen LogP contribution < -0.4 is 0 Å². The Labute approximate surface area is 117 Å². The molecule has 19 heavy (non-hydrogen) atoms. The molecule has 1 fully saturated rings. The lowest BCUT2D eigenvalue weighted by Crippen LogP contribution is -2.14. The Morgan fingerprint density at radius 2 is 1.95 bits per heavy atom. The number of hydrogen-bond donors (Lipinski definition) is 0. The molecule has 0 aromatic heterocycles. The van der Waals surface area contributed by atoms with Gasteiger partial charge >= 0.3 is 0 Å². The van der Waals surface area contributed by atoms with Gasteiger partial charge in [0.1, 0.15) is 0 Å². The van der Waals surface area contributed by atoms with Crippen molar-refractivity contribution in [3.8, 4) is 0 Å². The molecule has 4 nitrogen and oxygen atoms in total. The summed E-state index contributed by atoms with van der Waals surface area (Å²) in [5.41, 5.74) is 10.4. The molecule has 1 aromatic rings. The fraction of sp³-hybridized carbons (Fsp3) is 0.462. The van der Waals surface area contributed by atoms with Crippen molar-refractivity contribution in [2.45, 2.75) is 42.9 Å². The molecule has 1 aliphatic rings. The molecule has 0 saturated heterocycles. The summed E-state index contributed by atoms with van der Waals surface area (Å²) in [6.45, 7) is 0. The van der Waals surface area contributed by atoms with Gasteiger partial charge in [-0.3, -0.25) is 0 Å². The highest BCUT2D eigenvalue weighted by atomic mass is 35.7. The van der Waals surface area contributed by atoms with Crippen LogP contribution in [0.15, 0.2) is 29.2 Å². The molecule has 0 bridgehead atoms. The molecule has 2 rings (SSSR count). The highest BCUT2D eigenvalue weighted by molar-refractivity contribution is 8.13. The SMILES string of the molecule is [N-]=[N+]=C1CCCCCC1c1ccccc1S(=O)(=O)Cl. The lowest BCUT2D eigenvalue weighted by atomic mass is 9.90. The summed E-state index contributed by atoms with van der Waals surface area (Å²) < 4.78 is 23.3. The number of nitrogens with zero attached hydrogens (tertiary/aromatic N) is 2. The standard InChI is InChI=1S/C13H15ClN2O2S/c14-19(17,18)13-9-5-4-7-11(13)10-6-2-1-3-8-12(10)16-15/h4-5,7,9-10H,1-3,6,8H2. The van der Waals surface area contributed by atoms with Gasteiger partial charge in [0.2, 0.25) is 0 Å². The minimum atomic E-state index is -3.79. The van der Waals surface area contributed by atoms with Crippen LogP contribution in [0.2, 0.25) is 0 Å². The van der Waals surface area contributed by atoms with E-state index in [0.29, 0.717) is 17.7 Å². The quantitative estimate of drug-likeness (QED) is 0.363. The Morgan fingerprint density at radius 1 is 1.21 bits per heavy atom. The van der Waals surface area contributed by atoms with Gasteiger partial charge in [-0.05, 0) is 24.5 Å². The van der Waals surface area contributed by atoms with E-state index in [4.69, 9.17) is 16.2 Å². The maximum atomic E-state index is 11.6. The molecule has 1 saturated carbocycles. The molecule has 6 heteroatoms. The van der Waals surface area contributed by atoms with Crippen LogP contribution in [0.3, 0.4) is 0 Å². The summed E-state index contributed by atoms with van der Waals surface area (Å²) in [5, 5.41) is 0. The molecule has 1 aliphatic carbocycles. The summed E-state index contributed by atoms with van der Waals surface area (Å²) in [4.78, 5) is 3.48. The molecular formula is C13H15ClN2O2S. The third kappa shape index (κ3) is 3.24. The molecule has 0 N–H and O–H groups in total. The second kappa shape index (κ2) is 5.87. The lowest BCUT2D eigenvalue weighted by Gasteiger charge is -2.13. The van der Waals surface area contributed by atoms with Crippen molar-refractivity contribution in [1.29, 1.82) is 0 Å². The van der Waals surface area contributed by atoms with Gasteiger partial charge in [0.05, 0.1) is 10.8 Å². The monoisotopic (exact) mass is 298 g/mol. The topological polar surface area (TPSA) is 70.5 Å². The van der Waals surface area contributed by atoms with Crippen LogP contribution in [0.4, 0.5) is 0 Å². The molecule has 0 spiro atoms. The van der Waals surface area contributed by atoms with Crippen molar-refractivity contribution >= 4 is 25.4 Å². The van der Waals surface area contributed by atoms with Crippen LogP contribution in [0, 0.1) is 0 Å². The van der Waals surface area contributed by atoms with E-state index in [1.807, 2.05) is 0 Å². The Morgan fingerprint density at radius 3 is 2.63 bits per heavy atom. The van der Waals surface area contributed by atoms with Crippen LogP contribution in [0.25, 0.3) is 5.53 Å². The number of rotatable bonds is 2. The maximum absolute atomic E-state index is 11.6. The van der Waals surface area contributed by atoms with E-state index in [2.05, 4.69) is 4.79 Å². The first-order valence-electron chi connectivity index (χ1n) is 6.28. The molecule has 102 valence electrons. The zero-order chi connectivity index (χ0) is 13.9. The van der Waals surface area contributed by atoms with Crippen molar-refractivity contribution in [2.75, 3.05) is 0 Å². The van der Waals surface area contributed by atoms with E-state index in [0.717, 1.165) is 25.7 Å². The number of hydrogen-bond acceptors (Lipinski definition) is 2. The van der Waals surface area contributed by atoms with Crippen molar-refractivity contribution in [3.05, 3.63) is 35.4 Å². The third-order valence-corrected chi connectivity index (χ3v) is 4.91. The van der Waals surface area contributed by atoms with Crippen molar-refractivity contribution in [1.82, 2.24) is 0 Å². The van der Waals surface area contributed by atoms with E-state index < -0.39 is 9.05 Å². The van der Waals surface area contributed by atoms with E-state index in [1.165, 1.54) is 6.07 Å². The fourth-order valence-corrected chi connectivity index (χ4v) is 3.77. The molecule has 1 atom stereocenters. The summed E-state index contributed by atoms with van der Waals surface area (Å²) >= 11 is 0. The first-order valence-corrected chi connectivity index (χ1v) is 8.59. The first kappa shape index (κ1) is 14.3. The molecule has 0 radical (unpaired) electrons. The van der Waals surface area contributed by atoms with Gasteiger partial charge in [0, 0.05) is 17.1 Å². The van der Waals surface area contributed by atoms with Crippen LogP contribution >= 0.6 is 10.7 Å². The zero-order valence-electron chi connectivity index (χ0n) is 10.4. The lowest BCUT2D eigenvalue weighted by molar-refractivity contribution is -0.0130. The summed E-state index contributed by atoms with van der Waals surface area (Å²) in [6.07, 6.45) is 4.48. The van der Waals surface area contributed by atoms with E-state index in [1.54, 1.807) is 18.2 Å². The fourth-order valence-electron chi connectivity index (χ4n) is 2.62. The normalized spacial score (nSPS) is 20.7. The minimum absolute atomic E-state index is 0.115. The van der Waals surface area contributed by atoms with Gasteiger partial charge < -0.3 is 5.53 Å². The molecule has 1 unspecified atom stereocenters. The summed E-state index contributed by atoms with van der Waals surface area (Å²) in [5.74, 6) is -0.169. The van der Waals surface area contributed by atoms with Gasteiger partial charge in [0.25, 0.3) is 14.8 Å². The predicted octanol–water partition coefficient (Wildman–Crippen LogP) is 3.33. The Hall–Kier alpha value is -1.16. The van der Waals surface area contributed by atoms with Gasteiger partial charge in [-0.25, -0.2) is 8.42 Å². The van der Waals surface area contributed by atoms with E-state index >= 15 is 0 Å². The molecular weight excluding hydrogens is 284 g/mol. The average Bonchev–Trinajstić information content (AvgIpc) is 2.62. The van der Waals surface area contributed by atoms with Crippen LogP contribution in [-0.2, 0) is 9.05 Å². The Bertz CT molecular complexity index is 621. The second-order valence-electron chi connectivity index (χ2n) is 4.72. The summed E-state index contributed by atoms with van der Waals surface area (Å²) in [7, 11) is 1.69. The highest BCUT2D eigenvalue weighted by Crippen LogP contribution is 2.33. The highest BCUT2D eigenvalue weighted by Gasteiger charge is 2.31. The molecule has 0 amide bonds. The van der Waals surface area contributed by atoms with E-state index in [9.17, 15) is 8.42 Å². The summed E-state index contributed by atoms with van der Waals surface area (Å²) in [6, 6.07) is 6.67.